The highest BCUT2D eigenvalue weighted by molar-refractivity contribution is 7.99. The van der Waals surface area contributed by atoms with Gasteiger partial charge in [0, 0.05) is 17.7 Å². The zero-order valence-electron chi connectivity index (χ0n) is 10.2. The third kappa shape index (κ3) is 2.44. The van der Waals surface area contributed by atoms with Crippen molar-refractivity contribution in [1.82, 2.24) is 0 Å². The fourth-order valence-electron chi connectivity index (χ4n) is 2.13. The van der Waals surface area contributed by atoms with Crippen LogP contribution in [0, 0.1) is 0 Å². The molecule has 1 heterocycles. The predicted molar refractivity (Wildman–Crippen MR) is 73.2 cm³/mol. The Hall–Kier alpha value is -0.470. The van der Waals surface area contributed by atoms with Gasteiger partial charge in [0.1, 0.15) is 0 Å². The summed E-state index contributed by atoms with van der Waals surface area (Å²) in [6, 6.07) is 9.03. The second-order valence-corrected chi connectivity index (χ2v) is 6.42. The largest absolute Gasteiger partial charge is 0.330 e. The number of rotatable bonds is 3. The molecule has 2 heteroatoms. The smallest absolute Gasteiger partial charge is 0.00191 e. The summed E-state index contributed by atoms with van der Waals surface area (Å²) in [7, 11) is 0. The van der Waals surface area contributed by atoms with Crippen LogP contribution in [0.25, 0.3) is 0 Å². The molecular formula is C14H21NS. The first-order chi connectivity index (χ1) is 7.63. The molecule has 1 nitrogen and oxygen atoms in total. The molecule has 0 bridgehead atoms. The van der Waals surface area contributed by atoms with Gasteiger partial charge in [-0.2, -0.15) is 11.8 Å². The molecule has 1 aromatic rings. The Bertz CT molecular complexity index is 354. The topological polar surface area (TPSA) is 26.0 Å². The third-order valence-corrected chi connectivity index (χ3v) is 4.74. The standard InChI is InChI=1S/C14H21NS/c1-14(2,10-15)13-5-3-4-11(8-13)12-6-7-16-9-12/h3-5,8,12H,6-7,9-10,15H2,1-2H3. The Labute approximate surface area is 103 Å². The maximum Gasteiger partial charge on any atom is 0.00191 e. The van der Waals surface area contributed by atoms with Crippen LogP contribution < -0.4 is 5.73 Å². The van der Waals surface area contributed by atoms with Crippen LogP contribution in [0.2, 0.25) is 0 Å². The third-order valence-electron chi connectivity index (χ3n) is 3.58. The Morgan fingerprint density at radius 3 is 2.88 bits per heavy atom. The highest BCUT2D eigenvalue weighted by atomic mass is 32.2. The summed E-state index contributed by atoms with van der Waals surface area (Å²) in [6.07, 6.45) is 1.33. The molecule has 0 aromatic heterocycles. The van der Waals surface area contributed by atoms with Gasteiger partial charge in [-0.3, -0.25) is 0 Å². The summed E-state index contributed by atoms with van der Waals surface area (Å²) in [4.78, 5) is 0. The first kappa shape index (κ1) is 12.0. The summed E-state index contributed by atoms with van der Waals surface area (Å²) < 4.78 is 0. The van der Waals surface area contributed by atoms with Crippen molar-refractivity contribution in [3.63, 3.8) is 0 Å². The van der Waals surface area contributed by atoms with E-state index < -0.39 is 0 Å². The van der Waals surface area contributed by atoms with Gasteiger partial charge in [-0.25, -0.2) is 0 Å². The van der Waals surface area contributed by atoms with Crippen molar-refractivity contribution in [3.8, 4) is 0 Å². The lowest BCUT2D eigenvalue weighted by atomic mass is 9.82. The molecule has 0 amide bonds. The van der Waals surface area contributed by atoms with Gasteiger partial charge in [-0.05, 0) is 29.2 Å². The molecule has 1 aliphatic rings. The van der Waals surface area contributed by atoms with Gasteiger partial charge in [0.25, 0.3) is 0 Å². The molecule has 88 valence electrons. The molecule has 0 spiro atoms. The second kappa shape index (κ2) is 4.80. The summed E-state index contributed by atoms with van der Waals surface area (Å²) in [5, 5.41) is 0. The minimum Gasteiger partial charge on any atom is -0.330 e. The maximum atomic E-state index is 5.84. The van der Waals surface area contributed by atoms with E-state index in [1.54, 1.807) is 0 Å². The van der Waals surface area contributed by atoms with Crippen molar-refractivity contribution in [2.75, 3.05) is 18.1 Å². The average molecular weight is 235 g/mol. The van der Waals surface area contributed by atoms with E-state index in [1.165, 1.54) is 29.1 Å². The van der Waals surface area contributed by atoms with Crippen LogP contribution in [-0.2, 0) is 5.41 Å². The lowest BCUT2D eigenvalue weighted by Gasteiger charge is -2.24. The monoisotopic (exact) mass is 235 g/mol. The van der Waals surface area contributed by atoms with E-state index in [0.717, 1.165) is 5.92 Å². The number of nitrogens with two attached hydrogens (primary N) is 1. The van der Waals surface area contributed by atoms with E-state index in [0.29, 0.717) is 6.54 Å². The van der Waals surface area contributed by atoms with Crippen molar-refractivity contribution in [1.29, 1.82) is 0 Å². The Kier molecular flexibility index (Phi) is 3.60. The first-order valence-corrected chi connectivity index (χ1v) is 7.17. The normalized spacial score (nSPS) is 21.3. The van der Waals surface area contributed by atoms with Gasteiger partial charge in [0.15, 0.2) is 0 Å². The van der Waals surface area contributed by atoms with Crippen molar-refractivity contribution in [3.05, 3.63) is 35.4 Å². The van der Waals surface area contributed by atoms with Crippen LogP contribution in [0.4, 0.5) is 0 Å². The number of thioether (sulfide) groups is 1. The zero-order chi connectivity index (χ0) is 11.6. The van der Waals surface area contributed by atoms with Crippen LogP contribution in [-0.4, -0.2) is 18.1 Å². The molecule has 2 rings (SSSR count). The van der Waals surface area contributed by atoms with E-state index >= 15 is 0 Å². The van der Waals surface area contributed by atoms with Crippen molar-refractivity contribution in [2.24, 2.45) is 5.73 Å². The Morgan fingerprint density at radius 2 is 2.25 bits per heavy atom. The van der Waals surface area contributed by atoms with Crippen LogP contribution in [0.15, 0.2) is 24.3 Å². The fraction of sp³-hybridized carbons (Fsp3) is 0.571. The molecule has 1 atom stereocenters. The Morgan fingerprint density at radius 1 is 1.44 bits per heavy atom. The van der Waals surface area contributed by atoms with E-state index in [2.05, 4.69) is 49.9 Å². The lowest BCUT2D eigenvalue weighted by molar-refractivity contribution is 0.537. The van der Waals surface area contributed by atoms with E-state index in [4.69, 9.17) is 5.73 Å². The molecule has 1 saturated heterocycles. The van der Waals surface area contributed by atoms with Gasteiger partial charge in [-0.1, -0.05) is 38.1 Å². The van der Waals surface area contributed by atoms with Crippen LogP contribution in [0.1, 0.15) is 37.3 Å². The molecule has 1 aromatic carbocycles. The van der Waals surface area contributed by atoms with Crippen LogP contribution >= 0.6 is 11.8 Å². The lowest BCUT2D eigenvalue weighted by Crippen LogP contribution is -2.28. The fourth-order valence-corrected chi connectivity index (χ4v) is 3.39. The molecule has 0 saturated carbocycles. The highest BCUT2D eigenvalue weighted by Gasteiger charge is 2.22. The van der Waals surface area contributed by atoms with Crippen LogP contribution in [0.3, 0.4) is 0 Å². The minimum atomic E-state index is 0.0990. The molecule has 0 aliphatic carbocycles. The number of hydrogen-bond donors (Lipinski definition) is 1. The van der Waals surface area contributed by atoms with Crippen molar-refractivity contribution < 1.29 is 0 Å². The number of benzene rings is 1. The predicted octanol–water partition coefficient (Wildman–Crippen LogP) is 3.14. The van der Waals surface area contributed by atoms with Gasteiger partial charge in [0.2, 0.25) is 0 Å². The number of hydrogen-bond acceptors (Lipinski definition) is 2. The van der Waals surface area contributed by atoms with E-state index in [9.17, 15) is 0 Å². The van der Waals surface area contributed by atoms with Gasteiger partial charge in [0.05, 0.1) is 0 Å². The summed E-state index contributed by atoms with van der Waals surface area (Å²) in [5.41, 5.74) is 8.82. The van der Waals surface area contributed by atoms with Crippen molar-refractivity contribution >= 4 is 11.8 Å². The molecule has 0 radical (unpaired) electrons. The van der Waals surface area contributed by atoms with E-state index in [1.807, 2.05) is 0 Å². The Balaban J connectivity index is 2.25. The maximum absolute atomic E-state index is 5.84. The van der Waals surface area contributed by atoms with Gasteiger partial charge in [-0.15, -0.1) is 0 Å². The second-order valence-electron chi connectivity index (χ2n) is 5.27. The molecule has 1 fully saturated rings. The van der Waals surface area contributed by atoms with Gasteiger partial charge < -0.3 is 5.73 Å². The summed E-state index contributed by atoms with van der Waals surface area (Å²) in [5.74, 6) is 3.36. The molecule has 1 aliphatic heterocycles. The minimum absolute atomic E-state index is 0.0990. The quantitative estimate of drug-likeness (QED) is 0.871. The van der Waals surface area contributed by atoms with Gasteiger partial charge >= 0.3 is 0 Å². The SMILES string of the molecule is CC(C)(CN)c1cccc(C2CCSC2)c1. The molecular weight excluding hydrogens is 214 g/mol. The van der Waals surface area contributed by atoms with Crippen LogP contribution in [0.5, 0.6) is 0 Å². The first-order valence-electron chi connectivity index (χ1n) is 6.02. The highest BCUT2D eigenvalue weighted by Crippen LogP contribution is 2.34. The average Bonchev–Trinajstić information content (AvgIpc) is 2.83. The molecule has 2 N–H and O–H groups in total. The summed E-state index contributed by atoms with van der Waals surface area (Å²) in [6.45, 7) is 5.14. The molecule has 1 unspecified atom stereocenters. The summed E-state index contributed by atoms with van der Waals surface area (Å²) >= 11 is 2.07. The van der Waals surface area contributed by atoms with Crippen molar-refractivity contribution in [2.45, 2.75) is 31.6 Å². The molecule has 16 heavy (non-hydrogen) atoms. The zero-order valence-corrected chi connectivity index (χ0v) is 11.0. The van der Waals surface area contributed by atoms with E-state index in [-0.39, 0.29) is 5.41 Å².